The summed E-state index contributed by atoms with van der Waals surface area (Å²) in [6.45, 7) is 0. The zero-order valence-corrected chi connectivity index (χ0v) is 10.2. The van der Waals surface area contributed by atoms with E-state index in [1.807, 2.05) is 24.3 Å². The van der Waals surface area contributed by atoms with E-state index in [-0.39, 0.29) is 11.4 Å². The number of benzene rings is 1. The number of aromatic nitrogens is 2. The smallest absolute Gasteiger partial charge is 0.269 e. The molecule has 1 aliphatic rings. The van der Waals surface area contributed by atoms with Crippen LogP contribution in [0, 0.1) is 0 Å². The van der Waals surface area contributed by atoms with E-state index in [0.29, 0.717) is 5.70 Å². The Morgan fingerprint density at radius 2 is 2.17 bits per heavy atom. The van der Waals surface area contributed by atoms with E-state index in [1.165, 1.54) is 0 Å². The number of hydrogen-bond donors (Lipinski definition) is 3. The second-order valence-corrected chi connectivity index (χ2v) is 4.44. The summed E-state index contributed by atoms with van der Waals surface area (Å²) in [7, 11) is 0. The normalized spacial score (nSPS) is 21.1. The van der Waals surface area contributed by atoms with Gasteiger partial charge in [0.05, 0.1) is 11.7 Å². The molecular formula is C12H10N4OS. The molecule has 0 radical (unpaired) electrons. The van der Waals surface area contributed by atoms with Crippen LogP contribution < -0.4 is 10.6 Å². The molecule has 5 nitrogen and oxygen atoms in total. The molecule has 2 N–H and O–H groups in total. The number of nitrogens with zero attached hydrogens (tertiary/aromatic N) is 2. The summed E-state index contributed by atoms with van der Waals surface area (Å²) in [6.07, 6.45) is 3.43. The van der Waals surface area contributed by atoms with Gasteiger partial charge in [-0.25, -0.2) is 0 Å². The van der Waals surface area contributed by atoms with Crippen molar-refractivity contribution in [3.8, 4) is 0 Å². The third-order valence-corrected chi connectivity index (χ3v) is 2.91. The van der Waals surface area contributed by atoms with Gasteiger partial charge in [-0.05, 0) is 29.8 Å². The van der Waals surface area contributed by atoms with Gasteiger partial charge >= 0.3 is 0 Å². The molecule has 1 aromatic heterocycles. The Kier molecular flexibility index (Phi) is 2.64. The number of carbonyl (C=O) groups excluding carboxylic acids is 1. The molecule has 0 bridgehead atoms. The highest BCUT2D eigenvalue weighted by atomic mass is 32.1. The largest absolute Gasteiger partial charge is 0.352 e. The first-order chi connectivity index (χ1) is 8.72. The average Bonchev–Trinajstić information content (AvgIpc) is 2.68. The quantitative estimate of drug-likeness (QED) is 0.525. The number of fused-ring (bicyclic) bond motifs is 1. The Balaban J connectivity index is 2.00. The lowest BCUT2D eigenvalue weighted by Crippen LogP contribution is -2.25. The van der Waals surface area contributed by atoms with Gasteiger partial charge in [0.15, 0.2) is 0 Å². The molecule has 1 saturated heterocycles. The minimum atomic E-state index is -0.324. The average molecular weight is 258 g/mol. The standard InChI is InChI=1S/C12H10N4OS/c17-11-10(14-12(18)15-11)6-7-1-2-9-8(5-7)3-4-13-16-9/h1-6,12,14,18H,(H,15,17)/b10-6-. The van der Waals surface area contributed by atoms with E-state index in [0.717, 1.165) is 16.5 Å². The number of nitrogens with one attached hydrogen (secondary N) is 2. The van der Waals surface area contributed by atoms with Crippen molar-refractivity contribution in [2.24, 2.45) is 0 Å². The second-order valence-electron chi connectivity index (χ2n) is 3.93. The molecule has 1 amide bonds. The first-order valence-electron chi connectivity index (χ1n) is 5.41. The fourth-order valence-corrected chi connectivity index (χ4v) is 2.08. The fourth-order valence-electron chi connectivity index (χ4n) is 1.82. The Bertz CT molecular complexity index is 655. The van der Waals surface area contributed by atoms with Crippen molar-refractivity contribution in [3.05, 3.63) is 41.7 Å². The van der Waals surface area contributed by atoms with Gasteiger partial charge in [0.25, 0.3) is 5.91 Å². The van der Waals surface area contributed by atoms with Gasteiger partial charge < -0.3 is 10.6 Å². The maximum Gasteiger partial charge on any atom is 0.269 e. The fraction of sp³-hybridized carbons (Fsp3) is 0.0833. The Morgan fingerprint density at radius 3 is 2.94 bits per heavy atom. The molecule has 2 aromatic rings. The molecule has 1 aromatic carbocycles. The molecule has 18 heavy (non-hydrogen) atoms. The highest BCUT2D eigenvalue weighted by Gasteiger charge is 2.21. The number of hydrogen-bond acceptors (Lipinski definition) is 5. The molecular weight excluding hydrogens is 248 g/mol. The van der Waals surface area contributed by atoms with Gasteiger partial charge in [-0.3, -0.25) is 4.79 Å². The Labute approximate surface area is 109 Å². The molecule has 90 valence electrons. The molecule has 0 saturated carbocycles. The van der Waals surface area contributed by atoms with Gasteiger partial charge in [0, 0.05) is 5.39 Å². The lowest BCUT2D eigenvalue weighted by Gasteiger charge is -2.01. The zero-order chi connectivity index (χ0) is 12.5. The maximum atomic E-state index is 11.5. The van der Waals surface area contributed by atoms with Gasteiger partial charge in [-0.2, -0.15) is 10.2 Å². The zero-order valence-electron chi connectivity index (χ0n) is 9.29. The van der Waals surface area contributed by atoms with Gasteiger partial charge in [-0.15, -0.1) is 12.6 Å². The number of rotatable bonds is 1. The van der Waals surface area contributed by atoms with Gasteiger partial charge in [0.1, 0.15) is 11.2 Å². The Morgan fingerprint density at radius 1 is 1.28 bits per heavy atom. The van der Waals surface area contributed by atoms with Crippen molar-refractivity contribution in [2.75, 3.05) is 0 Å². The summed E-state index contributed by atoms with van der Waals surface area (Å²) in [5.41, 5.74) is 1.94. The molecule has 1 aliphatic heterocycles. The van der Waals surface area contributed by atoms with Crippen molar-refractivity contribution < 1.29 is 4.79 Å². The summed E-state index contributed by atoms with van der Waals surface area (Å²) >= 11 is 4.13. The van der Waals surface area contributed by atoms with E-state index in [1.54, 1.807) is 12.3 Å². The van der Waals surface area contributed by atoms with Crippen LogP contribution in [-0.2, 0) is 4.79 Å². The van der Waals surface area contributed by atoms with E-state index < -0.39 is 0 Å². The van der Waals surface area contributed by atoms with Crippen molar-refractivity contribution in [3.63, 3.8) is 0 Å². The predicted octanol–water partition coefficient (Wildman–Crippen LogP) is 0.903. The van der Waals surface area contributed by atoms with Crippen LogP contribution in [0.5, 0.6) is 0 Å². The minimum Gasteiger partial charge on any atom is -0.352 e. The minimum absolute atomic E-state index is 0.150. The van der Waals surface area contributed by atoms with Crippen LogP contribution in [0.3, 0.4) is 0 Å². The summed E-state index contributed by atoms with van der Waals surface area (Å²) in [6, 6.07) is 7.61. The third kappa shape index (κ3) is 2.02. The summed E-state index contributed by atoms with van der Waals surface area (Å²) in [4.78, 5) is 11.5. The number of thiol groups is 1. The number of carbonyl (C=O) groups is 1. The monoisotopic (exact) mass is 258 g/mol. The van der Waals surface area contributed by atoms with Gasteiger partial charge in [0.2, 0.25) is 0 Å². The van der Waals surface area contributed by atoms with E-state index in [4.69, 9.17) is 0 Å². The van der Waals surface area contributed by atoms with Crippen molar-refractivity contribution >= 4 is 35.5 Å². The molecule has 2 heterocycles. The summed E-state index contributed by atoms with van der Waals surface area (Å²) in [5, 5.41) is 14.4. The van der Waals surface area contributed by atoms with Crippen molar-refractivity contribution in [2.45, 2.75) is 5.50 Å². The van der Waals surface area contributed by atoms with Crippen LogP contribution in [0.2, 0.25) is 0 Å². The molecule has 1 fully saturated rings. The van der Waals surface area contributed by atoms with E-state index in [2.05, 4.69) is 33.5 Å². The Hall–Kier alpha value is -2.08. The van der Waals surface area contributed by atoms with Crippen LogP contribution in [-0.4, -0.2) is 21.6 Å². The third-order valence-electron chi connectivity index (χ3n) is 2.65. The maximum absolute atomic E-state index is 11.5. The molecule has 6 heteroatoms. The molecule has 3 rings (SSSR count). The lowest BCUT2D eigenvalue weighted by molar-refractivity contribution is -0.116. The van der Waals surface area contributed by atoms with Crippen LogP contribution in [0.1, 0.15) is 5.56 Å². The highest BCUT2D eigenvalue weighted by Crippen LogP contribution is 2.16. The topological polar surface area (TPSA) is 66.9 Å². The van der Waals surface area contributed by atoms with Crippen LogP contribution in [0.25, 0.3) is 17.0 Å². The second kappa shape index (κ2) is 4.30. The molecule has 0 spiro atoms. The van der Waals surface area contributed by atoms with E-state index >= 15 is 0 Å². The lowest BCUT2D eigenvalue weighted by atomic mass is 10.1. The van der Waals surface area contributed by atoms with Crippen molar-refractivity contribution in [1.29, 1.82) is 0 Å². The molecule has 1 unspecified atom stereocenters. The van der Waals surface area contributed by atoms with Crippen molar-refractivity contribution in [1.82, 2.24) is 20.8 Å². The molecule has 1 atom stereocenters. The summed E-state index contributed by atoms with van der Waals surface area (Å²) in [5.74, 6) is -0.150. The van der Waals surface area contributed by atoms with Gasteiger partial charge in [-0.1, -0.05) is 6.07 Å². The first-order valence-corrected chi connectivity index (χ1v) is 5.93. The first kappa shape index (κ1) is 11.0. The van der Waals surface area contributed by atoms with E-state index in [9.17, 15) is 4.79 Å². The van der Waals surface area contributed by atoms with Crippen LogP contribution in [0.15, 0.2) is 36.2 Å². The highest BCUT2D eigenvalue weighted by molar-refractivity contribution is 7.80. The number of amides is 1. The van der Waals surface area contributed by atoms with Crippen LogP contribution >= 0.6 is 12.6 Å². The molecule has 0 aliphatic carbocycles. The van der Waals surface area contributed by atoms with Crippen LogP contribution in [0.4, 0.5) is 0 Å². The SMILES string of the molecule is O=C1NC(S)N/C1=C\c1ccc2nnccc2c1. The predicted molar refractivity (Wildman–Crippen MR) is 71.6 cm³/mol. The summed E-state index contributed by atoms with van der Waals surface area (Å²) < 4.78 is 0.